The van der Waals surface area contributed by atoms with Gasteiger partial charge < -0.3 is 15.5 Å². The number of anilines is 3. The zero-order valence-electron chi connectivity index (χ0n) is 30.1. The van der Waals surface area contributed by atoms with E-state index in [1.165, 1.54) is 12.1 Å². The summed E-state index contributed by atoms with van der Waals surface area (Å²) in [6.07, 6.45) is 4.97. The Morgan fingerprint density at radius 1 is 1.05 bits per heavy atom. The van der Waals surface area contributed by atoms with Crippen LogP contribution in [0.2, 0.25) is 0 Å². The number of carbonyl (C=O) groups excluding carboxylic acids is 1. The normalized spacial score (nSPS) is 24.2. The fraction of sp³-hybridized carbons (Fsp3) is 0.241. The average molecular weight is 504 g/mol. The summed E-state index contributed by atoms with van der Waals surface area (Å²) in [6.45, 7) is -14.1. The first-order chi connectivity index (χ1) is 21.8. The summed E-state index contributed by atoms with van der Waals surface area (Å²) in [6, 6.07) is 15.4. The van der Waals surface area contributed by atoms with Gasteiger partial charge in [0, 0.05) is 87.3 Å². The SMILES string of the molecule is [2H]C([2H])(c1ccc(C(=O)Nc2ccc(C)c(Nc3nccc(-c4cccnc4)n3)c2)cc1)N1C([2H])([2H])C([2H])([2H])N(C)C([2H])([2H])C1([2H])[2H]. The van der Waals surface area contributed by atoms with E-state index >= 15 is 0 Å². The van der Waals surface area contributed by atoms with Gasteiger partial charge in [-0.1, -0.05) is 18.2 Å². The highest BCUT2D eigenvalue weighted by Gasteiger charge is 2.14. The quantitative estimate of drug-likeness (QED) is 0.381. The van der Waals surface area contributed by atoms with E-state index < -0.39 is 38.4 Å². The molecule has 0 aliphatic carbocycles. The van der Waals surface area contributed by atoms with E-state index in [9.17, 15) is 4.79 Å². The molecule has 8 nitrogen and oxygen atoms in total. The Morgan fingerprint density at radius 2 is 1.86 bits per heavy atom. The molecule has 0 bridgehead atoms. The second kappa shape index (κ2) is 11.3. The monoisotopic (exact) mass is 503 g/mol. The summed E-state index contributed by atoms with van der Waals surface area (Å²) in [5.41, 5.74) is 3.18. The molecule has 2 N–H and O–H groups in total. The fourth-order valence-corrected chi connectivity index (χ4v) is 3.44. The predicted molar refractivity (Wildman–Crippen MR) is 147 cm³/mol. The zero-order valence-corrected chi connectivity index (χ0v) is 20.1. The van der Waals surface area contributed by atoms with Crippen molar-refractivity contribution in [1.82, 2.24) is 24.8 Å². The lowest BCUT2D eigenvalue weighted by molar-refractivity contribution is 0.102. The number of aryl methyl sites for hydroxylation is 1. The summed E-state index contributed by atoms with van der Waals surface area (Å²) in [7, 11) is 0.901. The van der Waals surface area contributed by atoms with E-state index in [1.807, 2.05) is 13.0 Å². The summed E-state index contributed by atoms with van der Waals surface area (Å²) in [5, 5.41) is 5.93. The van der Waals surface area contributed by atoms with Crippen LogP contribution in [0.15, 0.2) is 79.3 Å². The van der Waals surface area contributed by atoms with Crippen LogP contribution >= 0.6 is 0 Å². The van der Waals surface area contributed by atoms with Crippen molar-refractivity contribution in [3.63, 3.8) is 0 Å². The summed E-state index contributed by atoms with van der Waals surface area (Å²) in [4.78, 5) is 26.3. The number of hydrogen-bond donors (Lipinski definition) is 2. The van der Waals surface area contributed by atoms with Crippen molar-refractivity contribution in [2.45, 2.75) is 13.4 Å². The summed E-state index contributed by atoms with van der Waals surface area (Å²) >= 11 is 0. The molecular formula is C29H31N7O. The number of likely N-dealkylation sites (N-methyl/N-ethyl adjacent to an activating group) is 1. The second-order valence-electron chi connectivity index (χ2n) is 8.15. The van der Waals surface area contributed by atoms with E-state index in [0.717, 1.165) is 30.3 Å². The maximum Gasteiger partial charge on any atom is 0.255 e. The predicted octanol–water partition coefficient (Wildman–Crippen LogP) is 4.59. The van der Waals surface area contributed by atoms with Crippen molar-refractivity contribution in [2.24, 2.45) is 0 Å². The summed E-state index contributed by atoms with van der Waals surface area (Å²) in [5.74, 6) is -0.224. The van der Waals surface area contributed by atoms with Gasteiger partial charge in [0.25, 0.3) is 5.91 Å². The molecule has 0 radical (unpaired) electrons. The van der Waals surface area contributed by atoms with Gasteiger partial charge in [-0.3, -0.25) is 14.7 Å². The maximum atomic E-state index is 13.2. The number of nitrogens with one attached hydrogen (secondary N) is 2. The smallest absolute Gasteiger partial charge is 0.255 e. The molecule has 2 aromatic heterocycles. The second-order valence-corrected chi connectivity index (χ2v) is 8.15. The Morgan fingerprint density at radius 3 is 2.62 bits per heavy atom. The number of rotatable bonds is 7. The van der Waals surface area contributed by atoms with Crippen LogP contribution in [0.1, 0.15) is 35.2 Å². The van der Waals surface area contributed by atoms with Crippen LogP contribution in [0.3, 0.4) is 0 Å². The molecule has 4 aromatic rings. The lowest BCUT2D eigenvalue weighted by atomic mass is 10.1. The molecule has 5 rings (SSSR count). The Hall–Kier alpha value is -4.14. The highest BCUT2D eigenvalue weighted by Crippen LogP contribution is 2.24. The molecule has 0 unspecified atom stereocenters. The van der Waals surface area contributed by atoms with E-state index in [-0.39, 0.29) is 16.0 Å². The van der Waals surface area contributed by atoms with Gasteiger partial charge in [-0.25, -0.2) is 9.97 Å². The molecule has 0 saturated carbocycles. The fourth-order valence-electron chi connectivity index (χ4n) is 3.44. The standard InChI is InChI=1S/C29H31N7O/c1-21-5-10-25(18-27(21)34-29-31-13-11-26(33-29)24-4-3-12-30-19-24)32-28(37)23-8-6-22(7-9-23)20-36-16-14-35(2)15-17-36/h3-13,18-19H,14-17,20H2,1-2H3,(H,32,37)(H,31,33,34)/i14D2,15D2,16D2,17D2,20D2. The minimum Gasteiger partial charge on any atom is -0.324 e. The zero-order chi connectivity index (χ0) is 34.6. The number of aromatic nitrogens is 3. The minimum atomic E-state index is -3.32. The van der Waals surface area contributed by atoms with Crippen molar-refractivity contribution in [3.05, 3.63) is 95.9 Å². The van der Waals surface area contributed by atoms with Gasteiger partial charge in [-0.2, -0.15) is 0 Å². The lowest BCUT2D eigenvalue weighted by Crippen LogP contribution is -2.43. The number of pyridine rings is 1. The van der Waals surface area contributed by atoms with Crippen LogP contribution in [-0.4, -0.2) is 63.7 Å². The molecule has 1 aliphatic rings. The number of amides is 1. The van der Waals surface area contributed by atoms with Gasteiger partial charge in [-0.15, -0.1) is 0 Å². The molecule has 8 heteroatoms. The third-order valence-electron chi connectivity index (χ3n) is 5.40. The van der Waals surface area contributed by atoms with Crippen LogP contribution in [0, 0.1) is 6.92 Å². The summed E-state index contributed by atoms with van der Waals surface area (Å²) < 4.78 is 83.8. The molecule has 3 heterocycles. The van der Waals surface area contributed by atoms with Crippen LogP contribution < -0.4 is 10.6 Å². The van der Waals surface area contributed by atoms with Crippen LogP contribution in [0.4, 0.5) is 17.3 Å². The van der Waals surface area contributed by atoms with E-state index in [4.69, 9.17) is 13.7 Å². The van der Waals surface area contributed by atoms with Crippen LogP contribution in [0.5, 0.6) is 0 Å². The Bertz CT molecular complexity index is 1760. The molecule has 1 amide bonds. The molecule has 37 heavy (non-hydrogen) atoms. The van der Waals surface area contributed by atoms with Crippen molar-refractivity contribution in [1.29, 1.82) is 0 Å². The molecule has 0 spiro atoms. The van der Waals surface area contributed by atoms with Gasteiger partial charge in [0.2, 0.25) is 5.95 Å². The molecule has 2 aromatic carbocycles. The van der Waals surface area contributed by atoms with E-state index in [0.29, 0.717) is 27.9 Å². The number of piperazine rings is 1. The largest absolute Gasteiger partial charge is 0.324 e. The Kier molecular flexibility index (Phi) is 4.63. The third-order valence-corrected chi connectivity index (χ3v) is 5.40. The van der Waals surface area contributed by atoms with Gasteiger partial charge in [0.05, 0.1) is 5.69 Å². The van der Waals surface area contributed by atoms with E-state index in [1.54, 1.807) is 48.9 Å². The first-order valence-corrected chi connectivity index (χ1v) is 11.4. The van der Waals surface area contributed by atoms with Gasteiger partial charge in [0.1, 0.15) is 0 Å². The van der Waals surface area contributed by atoms with Crippen molar-refractivity contribution < 1.29 is 18.5 Å². The topological polar surface area (TPSA) is 86.3 Å². The van der Waals surface area contributed by atoms with Crippen molar-refractivity contribution >= 4 is 23.2 Å². The number of carbonyl (C=O) groups is 1. The molecule has 1 saturated heterocycles. The molecular weight excluding hydrogens is 462 g/mol. The van der Waals surface area contributed by atoms with Crippen molar-refractivity contribution in [2.75, 3.05) is 43.7 Å². The van der Waals surface area contributed by atoms with Crippen LogP contribution in [-0.2, 0) is 6.50 Å². The Labute approximate surface area is 231 Å². The van der Waals surface area contributed by atoms with Crippen LogP contribution in [0.25, 0.3) is 11.3 Å². The first kappa shape index (κ1) is 15.2. The number of hydrogen-bond acceptors (Lipinski definition) is 7. The maximum absolute atomic E-state index is 13.2. The number of benzene rings is 2. The van der Waals surface area contributed by atoms with Gasteiger partial charge in [0.15, 0.2) is 0 Å². The highest BCUT2D eigenvalue weighted by molar-refractivity contribution is 6.04. The van der Waals surface area contributed by atoms with Gasteiger partial charge >= 0.3 is 0 Å². The molecule has 188 valence electrons. The van der Waals surface area contributed by atoms with Gasteiger partial charge in [-0.05, 0) is 67.6 Å². The highest BCUT2D eigenvalue weighted by atomic mass is 16.1. The molecule has 1 aliphatic heterocycles. The lowest BCUT2D eigenvalue weighted by Gasteiger charge is -2.32. The third kappa shape index (κ3) is 6.35. The Balaban J connectivity index is 1.35. The molecule has 0 atom stereocenters. The van der Waals surface area contributed by atoms with E-state index in [2.05, 4.69) is 25.6 Å². The average Bonchev–Trinajstić information content (AvgIpc) is 3.01. The minimum absolute atomic E-state index is 0.0565. The first-order valence-electron chi connectivity index (χ1n) is 16.4. The molecule has 1 fully saturated rings. The number of nitrogens with zero attached hydrogens (tertiary/aromatic N) is 5. The van der Waals surface area contributed by atoms with Crippen molar-refractivity contribution in [3.8, 4) is 11.3 Å².